The van der Waals surface area contributed by atoms with E-state index in [0.29, 0.717) is 33.2 Å². The summed E-state index contributed by atoms with van der Waals surface area (Å²) < 4.78 is 19.6. The fraction of sp³-hybridized carbons (Fsp3) is 0.200. The minimum absolute atomic E-state index is 0.0574. The van der Waals surface area contributed by atoms with Crippen LogP contribution in [0.2, 0.25) is 5.02 Å². The van der Waals surface area contributed by atoms with Crippen LogP contribution in [-0.2, 0) is 4.79 Å². The Kier molecular flexibility index (Phi) is 6.19. The van der Waals surface area contributed by atoms with Gasteiger partial charge >= 0.3 is 0 Å². The molecule has 3 rings (SSSR count). The summed E-state index contributed by atoms with van der Waals surface area (Å²) in [6.45, 7) is 4.73. The minimum Gasteiger partial charge on any atom is -0.493 e. The second kappa shape index (κ2) is 8.42. The normalized spacial score (nSPS) is 15.9. The first-order chi connectivity index (χ1) is 12.9. The molecule has 0 atom stereocenters. The van der Waals surface area contributed by atoms with Gasteiger partial charge in [0.2, 0.25) is 0 Å². The average molecular weight is 422 g/mol. The summed E-state index contributed by atoms with van der Waals surface area (Å²) in [4.78, 5) is 14.7. The van der Waals surface area contributed by atoms with Crippen molar-refractivity contribution in [2.45, 2.75) is 13.8 Å². The number of ether oxygens (including phenoxy) is 1. The highest BCUT2D eigenvalue weighted by Crippen LogP contribution is 2.38. The van der Waals surface area contributed by atoms with Gasteiger partial charge in [-0.05, 0) is 36.3 Å². The van der Waals surface area contributed by atoms with Crippen molar-refractivity contribution in [3.63, 3.8) is 0 Å². The van der Waals surface area contributed by atoms with E-state index in [2.05, 4.69) is 13.8 Å². The second-order valence-corrected chi connectivity index (χ2v) is 8.44. The number of carbonyl (C=O) groups excluding carboxylic acids is 1. The highest BCUT2D eigenvalue weighted by atomic mass is 35.5. The van der Waals surface area contributed by atoms with Crippen LogP contribution in [0.15, 0.2) is 47.4 Å². The Balaban J connectivity index is 1.90. The zero-order valence-corrected chi connectivity index (χ0v) is 17.1. The number of benzene rings is 2. The van der Waals surface area contributed by atoms with Crippen LogP contribution in [-0.4, -0.2) is 16.8 Å². The predicted octanol–water partition coefficient (Wildman–Crippen LogP) is 5.92. The van der Waals surface area contributed by atoms with E-state index in [4.69, 9.17) is 28.6 Å². The van der Waals surface area contributed by atoms with Gasteiger partial charge in [-0.15, -0.1) is 0 Å². The van der Waals surface area contributed by atoms with Crippen LogP contribution in [0.1, 0.15) is 19.4 Å². The van der Waals surface area contributed by atoms with Gasteiger partial charge in [0.1, 0.15) is 11.6 Å². The standard InChI is InChI=1S/C20H17ClFNO2S2/c1-12(2)11-25-17-6-4-3-5-13(17)9-18-19(24)23(20(26)27-18)14-7-8-16(22)15(21)10-14/h3-10,12H,11H2,1-2H3/b18-9-. The number of hydrogen-bond acceptors (Lipinski definition) is 4. The Morgan fingerprint density at radius 2 is 2.04 bits per heavy atom. The number of halogens is 2. The quantitative estimate of drug-likeness (QED) is 0.442. The molecule has 7 heteroatoms. The number of amides is 1. The molecule has 0 radical (unpaired) electrons. The van der Waals surface area contributed by atoms with Crippen LogP contribution in [0, 0.1) is 11.7 Å². The van der Waals surface area contributed by atoms with Crippen molar-refractivity contribution in [1.29, 1.82) is 0 Å². The lowest BCUT2D eigenvalue weighted by molar-refractivity contribution is -0.113. The van der Waals surface area contributed by atoms with E-state index >= 15 is 0 Å². The van der Waals surface area contributed by atoms with Gasteiger partial charge in [-0.1, -0.05) is 67.6 Å². The van der Waals surface area contributed by atoms with E-state index in [9.17, 15) is 9.18 Å². The Bertz CT molecular complexity index is 930. The molecular formula is C20H17ClFNO2S2. The van der Waals surface area contributed by atoms with E-state index in [1.807, 2.05) is 24.3 Å². The van der Waals surface area contributed by atoms with Crippen molar-refractivity contribution in [1.82, 2.24) is 0 Å². The zero-order chi connectivity index (χ0) is 19.6. The van der Waals surface area contributed by atoms with Crippen molar-refractivity contribution in [2.75, 3.05) is 11.5 Å². The van der Waals surface area contributed by atoms with Gasteiger partial charge in [-0.25, -0.2) is 4.39 Å². The van der Waals surface area contributed by atoms with Gasteiger partial charge in [0.25, 0.3) is 5.91 Å². The maximum atomic E-state index is 13.4. The number of hydrogen-bond donors (Lipinski definition) is 0. The van der Waals surface area contributed by atoms with E-state index in [0.717, 1.165) is 5.56 Å². The summed E-state index contributed by atoms with van der Waals surface area (Å²) in [6.07, 6.45) is 1.76. The van der Waals surface area contributed by atoms with Crippen molar-refractivity contribution in [3.8, 4) is 5.75 Å². The lowest BCUT2D eigenvalue weighted by atomic mass is 10.1. The number of para-hydroxylation sites is 1. The van der Waals surface area contributed by atoms with E-state index in [1.165, 1.54) is 34.9 Å². The topological polar surface area (TPSA) is 29.5 Å². The number of thiocarbonyl (C=S) groups is 1. The molecule has 0 saturated carbocycles. The highest BCUT2D eigenvalue weighted by Gasteiger charge is 2.33. The van der Waals surface area contributed by atoms with Gasteiger partial charge in [0, 0.05) is 5.56 Å². The molecule has 0 N–H and O–H groups in total. The van der Waals surface area contributed by atoms with E-state index in [1.54, 1.807) is 6.08 Å². The molecule has 140 valence electrons. The Hall–Kier alpha value is -1.89. The number of rotatable bonds is 5. The molecule has 1 heterocycles. The van der Waals surface area contributed by atoms with Gasteiger partial charge in [0.15, 0.2) is 4.32 Å². The van der Waals surface area contributed by atoms with Crippen LogP contribution in [0.3, 0.4) is 0 Å². The first-order valence-corrected chi connectivity index (χ1v) is 9.92. The van der Waals surface area contributed by atoms with Crippen LogP contribution in [0.25, 0.3) is 6.08 Å². The minimum atomic E-state index is -0.544. The maximum absolute atomic E-state index is 13.4. The molecule has 0 aromatic heterocycles. The number of anilines is 1. The van der Waals surface area contributed by atoms with Gasteiger partial charge in [-0.2, -0.15) is 0 Å². The molecule has 0 aliphatic carbocycles. The van der Waals surface area contributed by atoms with Gasteiger partial charge < -0.3 is 4.74 Å². The van der Waals surface area contributed by atoms with Crippen molar-refractivity contribution in [3.05, 3.63) is 63.8 Å². The van der Waals surface area contributed by atoms with Gasteiger partial charge in [0.05, 0.1) is 22.2 Å². The summed E-state index contributed by atoms with van der Waals surface area (Å²) in [6, 6.07) is 11.6. The summed E-state index contributed by atoms with van der Waals surface area (Å²) in [7, 11) is 0. The third-order valence-electron chi connectivity index (χ3n) is 3.73. The Morgan fingerprint density at radius 1 is 1.30 bits per heavy atom. The molecule has 1 aliphatic rings. The maximum Gasteiger partial charge on any atom is 0.270 e. The van der Waals surface area contributed by atoms with Gasteiger partial charge in [-0.3, -0.25) is 9.69 Å². The molecule has 3 nitrogen and oxygen atoms in total. The summed E-state index contributed by atoms with van der Waals surface area (Å²) in [5.41, 5.74) is 1.24. The number of carbonyl (C=O) groups is 1. The second-order valence-electron chi connectivity index (χ2n) is 6.36. The molecule has 1 fully saturated rings. The van der Waals surface area contributed by atoms with Crippen molar-refractivity contribution in [2.24, 2.45) is 5.92 Å². The largest absolute Gasteiger partial charge is 0.493 e. The van der Waals surface area contributed by atoms with Crippen LogP contribution in [0.5, 0.6) is 5.75 Å². The fourth-order valence-electron chi connectivity index (χ4n) is 2.44. The first kappa shape index (κ1) is 19.9. The van der Waals surface area contributed by atoms with E-state index < -0.39 is 5.82 Å². The van der Waals surface area contributed by atoms with Crippen molar-refractivity contribution >= 4 is 57.6 Å². The van der Waals surface area contributed by atoms with Crippen LogP contribution < -0.4 is 9.64 Å². The average Bonchev–Trinajstić information content (AvgIpc) is 2.90. The summed E-state index contributed by atoms with van der Waals surface area (Å²) >= 11 is 12.4. The third kappa shape index (κ3) is 4.51. The molecular weight excluding hydrogens is 405 g/mol. The molecule has 2 aromatic carbocycles. The first-order valence-electron chi connectivity index (χ1n) is 8.31. The molecule has 1 amide bonds. The fourth-order valence-corrected chi connectivity index (χ4v) is 3.91. The predicted molar refractivity (Wildman–Crippen MR) is 114 cm³/mol. The molecule has 1 aliphatic heterocycles. The zero-order valence-electron chi connectivity index (χ0n) is 14.7. The smallest absolute Gasteiger partial charge is 0.270 e. The third-order valence-corrected chi connectivity index (χ3v) is 5.32. The monoisotopic (exact) mass is 421 g/mol. The molecule has 0 spiro atoms. The lowest BCUT2D eigenvalue weighted by Gasteiger charge is -2.15. The Labute approximate surface area is 172 Å². The Morgan fingerprint density at radius 3 is 2.74 bits per heavy atom. The molecule has 1 saturated heterocycles. The number of nitrogens with zero attached hydrogens (tertiary/aromatic N) is 1. The molecule has 0 bridgehead atoms. The molecule has 0 unspecified atom stereocenters. The lowest BCUT2D eigenvalue weighted by Crippen LogP contribution is -2.27. The molecule has 2 aromatic rings. The SMILES string of the molecule is CC(C)COc1ccccc1/C=C1\SC(=S)N(c2ccc(F)c(Cl)c2)C1=O. The van der Waals surface area contributed by atoms with E-state index in [-0.39, 0.29) is 10.9 Å². The number of thioether (sulfide) groups is 1. The highest BCUT2D eigenvalue weighted by molar-refractivity contribution is 8.27. The van der Waals surface area contributed by atoms with Crippen molar-refractivity contribution < 1.29 is 13.9 Å². The molecule has 27 heavy (non-hydrogen) atoms. The van der Waals surface area contributed by atoms with Crippen LogP contribution >= 0.6 is 35.6 Å². The van der Waals surface area contributed by atoms with Crippen LogP contribution in [0.4, 0.5) is 10.1 Å². The summed E-state index contributed by atoms with van der Waals surface area (Å²) in [5, 5.41) is -0.0574. The summed E-state index contributed by atoms with van der Waals surface area (Å²) in [5.74, 6) is 0.282.